The average molecular weight is 452 g/mol. The number of amides is 1. The van der Waals surface area contributed by atoms with Gasteiger partial charge in [-0.15, -0.1) is 11.3 Å². The molecule has 3 rings (SSSR count). The summed E-state index contributed by atoms with van der Waals surface area (Å²) in [6.07, 6.45) is 4.73. The van der Waals surface area contributed by atoms with Crippen molar-refractivity contribution in [2.75, 3.05) is 5.32 Å². The summed E-state index contributed by atoms with van der Waals surface area (Å²) in [6.45, 7) is 4.83. The lowest BCUT2D eigenvalue weighted by Crippen LogP contribution is -2.34. The Morgan fingerprint density at radius 2 is 2.38 bits per heavy atom. The molecule has 9 heteroatoms. The fourth-order valence-electron chi connectivity index (χ4n) is 2.97. The topological polar surface area (TPSA) is 82.7 Å². The molecule has 0 aliphatic heterocycles. The van der Waals surface area contributed by atoms with E-state index in [-0.39, 0.29) is 10.8 Å². The van der Waals surface area contributed by atoms with Gasteiger partial charge in [0, 0.05) is 17.6 Å². The van der Waals surface area contributed by atoms with Crippen molar-refractivity contribution >= 4 is 55.5 Å². The summed E-state index contributed by atoms with van der Waals surface area (Å²) < 4.78 is 2.27. The second-order valence-corrected chi connectivity index (χ2v) is 8.63. The third-order valence-electron chi connectivity index (χ3n) is 4.33. The van der Waals surface area contributed by atoms with Gasteiger partial charge in [0.1, 0.15) is 11.1 Å². The number of nitrogens with zero attached hydrogens (tertiary/aromatic N) is 3. The molecule has 6 nitrogen and oxygen atoms in total. The largest absolute Gasteiger partial charge is 0.323 e. The summed E-state index contributed by atoms with van der Waals surface area (Å²) >= 11 is 10.2. The Bertz CT molecular complexity index is 911. The van der Waals surface area contributed by atoms with Crippen molar-refractivity contribution in [3.63, 3.8) is 0 Å². The number of thiocarbonyl (C=S) groups is 1. The van der Waals surface area contributed by atoms with Gasteiger partial charge in [-0.25, -0.2) is 0 Å². The summed E-state index contributed by atoms with van der Waals surface area (Å²) in [4.78, 5) is 13.6. The smallest absolute Gasteiger partial charge is 0.279 e. The van der Waals surface area contributed by atoms with Crippen LogP contribution in [0.15, 0.2) is 10.7 Å². The molecular formula is C17H18BrN5OS2. The number of carbonyl (C=O) groups excluding carboxylic acids is 1. The van der Waals surface area contributed by atoms with Crippen LogP contribution >= 0.6 is 39.5 Å². The first-order valence-electron chi connectivity index (χ1n) is 8.32. The van der Waals surface area contributed by atoms with E-state index in [1.54, 1.807) is 22.2 Å². The van der Waals surface area contributed by atoms with Crippen LogP contribution in [0.5, 0.6) is 0 Å². The number of nitrogens with one attached hydrogen (secondary N) is 2. The van der Waals surface area contributed by atoms with Crippen LogP contribution in [0.25, 0.3) is 0 Å². The van der Waals surface area contributed by atoms with E-state index in [0.717, 1.165) is 24.8 Å². The molecular weight excluding hydrogens is 434 g/mol. The molecule has 136 valence electrons. The quantitative estimate of drug-likeness (QED) is 0.692. The number of anilines is 1. The first-order chi connectivity index (χ1) is 12.4. The first kappa shape index (κ1) is 19.0. The number of nitriles is 1. The predicted molar refractivity (Wildman–Crippen MR) is 110 cm³/mol. The van der Waals surface area contributed by atoms with Gasteiger partial charge in [0.2, 0.25) is 0 Å². The van der Waals surface area contributed by atoms with E-state index in [9.17, 15) is 10.1 Å². The van der Waals surface area contributed by atoms with E-state index in [0.29, 0.717) is 27.5 Å². The van der Waals surface area contributed by atoms with E-state index in [1.807, 2.05) is 6.92 Å². The van der Waals surface area contributed by atoms with Crippen LogP contribution in [0.3, 0.4) is 0 Å². The Hall–Kier alpha value is -1.76. The maximum Gasteiger partial charge on any atom is 0.279 e. The van der Waals surface area contributed by atoms with Gasteiger partial charge in [-0.2, -0.15) is 10.4 Å². The second kappa shape index (κ2) is 7.86. The normalized spacial score (nSPS) is 15.8. The highest BCUT2D eigenvalue weighted by molar-refractivity contribution is 9.10. The number of aryl methyl sites for hydroxylation is 1. The van der Waals surface area contributed by atoms with Gasteiger partial charge in [0.05, 0.1) is 10.0 Å². The van der Waals surface area contributed by atoms with Crippen LogP contribution in [-0.4, -0.2) is 20.8 Å². The van der Waals surface area contributed by atoms with E-state index < -0.39 is 5.91 Å². The lowest BCUT2D eigenvalue weighted by Gasteiger charge is -2.17. The Balaban J connectivity index is 1.73. The van der Waals surface area contributed by atoms with Crippen LogP contribution in [0.1, 0.15) is 46.8 Å². The summed E-state index contributed by atoms with van der Waals surface area (Å²) in [6, 6.07) is 2.28. The zero-order valence-corrected chi connectivity index (χ0v) is 17.6. The highest BCUT2D eigenvalue weighted by Crippen LogP contribution is 2.39. The molecule has 1 aliphatic rings. The van der Waals surface area contributed by atoms with Crippen LogP contribution < -0.4 is 10.6 Å². The van der Waals surface area contributed by atoms with Crippen molar-refractivity contribution in [3.8, 4) is 6.07 Å². The lowest BCUT2D eigenvalue weighted by molar-refractivity contribution is 0.0971. The van der Waals surface area contributed by atoms with Crippen molar-refractivity contribution in [2.24, 2.45) is 5.92 Å². The molecule has 0 saturated carbocycles. The van der Waals surface area contributed by atoms with Gasteiger partial charge in [0.15, 0.2) is 10.8 Å². The summed E-state index contributed by atoms with van der Waals surface area (Å²) in [5.74, 6) is 0.230. The molecule has 0 saturated heterocycles. The summed E-state index contributed by atoms with van der Waals surface area (Å²) in [5.41, 5.74) is 2.04. The average Bonchev–Trinajstić information content (AvgIpc) is 3.13. The molecule has 2 N–H and O–H groups in total. The highest BCUT2D eigenvalue weighted by Gasteiger charge is 2.24. The van der Waals surface area contributed by atoms with Gasteiger partial charge in [-0.05, 0) is 65.8 Å². The molecule has 0 bridgehead atoms. The number of thiophene rings is 1. The Morgan fingerprint density at radius 1 is 1.62 bits per heavy atom. The molecule has 2 heterocycles. The minimum absolute atomic E-state index is 0.163. The molecule has 2 aromatic rings. The number of halogens is 1. The van der Waals surface area contributed by atoms with Gasteiger partial charge in [0.25, 0.3) is 5.91 Å². The zero-order chi connectivity index (χ0) is 18.8. The molecule has 2 aromatic heterocycles. The van der Waals surface area contributed by atoms with Crippen molar-refractivity contribution < 1.29 is 4.79 Å². The van der Waals surface area contributed by atoms with E-state index in [1.165, 1.54) is 4.88 Å². The van der Waals surface area contributed by atoms with Gasteiger partial charge < -0.3 is 5.32 Å². The van der Waals surface area contributed by atoms with E-state index in [2.05, 4.69) is 44.7 Å². The molecule has 0 spiro atoms. The number of aromatic nitrogens is 2. The molecule has 1 unspecified atom stereocenters. The second-order valence-electron chi connectivity index (χ2n) is 6.26. The maximum atomic E-state index is 12.4. The summed E-state index contributed by atoms with van der Waals surface area (Å²) in [7, 11) is 0. The van der Waals surface area contributed by atoms with Crippen LogP contribution in [-0.2, 0) is 19.4 Å². The Labute approximate surface area is 169 Å². The highest BCUT2D eigenvalue weighted by atomic mass is 79.9. The molecule has 0 aromatic carbocycles. The minimum Gasteiger partial charge on any atom is -0.323 e. The zero-order valence-electron chi connectivity index (χ0n) is 14.4. The number of hydrogen-bond donors (Lipinski definition) is 2. The fraction of sp³-hybridized carbons (Fsp3) is 0.412. The molecule has 1 atom stereocenters. The number of carbonyl (C=O) groups is 1. The molecule has 26 heavy (non-hydrogen) atoms. The van der Waals surface area contributed by atoms with E-state index in [4.69, 9.17) is 12.2 Å². The van der Waals surface area contributed by atoms with Crippen LogP contribution in [0.2, 0.25) is 0 Å². The monoisotopic (exact) mass is 451 g/mol. The van der Waals surface area contributed by atoms with Crippen molar-refractivity contribution in [1.29, 1.82) is 5.26 Å². The SMILES string of the molecule is CCn1cc(Br)c(C(=O)NC(=S)Nc2sc3c(c2C#N)CCC(C)C3)n1. The minimum atomic E-state index is -0.393. The summed E-state index contributed by atoms with van der Waals surface area (Å²) in [5, 5.41) is 20.3. The van der Waals surface area contributed by atoms with Crippen molar-refractivity contribution in [2.45, 2.75) is 39.7 Å². The third kappa shape index (κ3) is 3.82. The van der Waals surface area contributed by atoms with E-state index >= 15 is 0 Å². The molecule has 0 fully saturated rings. The standard InChI is InChI=1S/C17H18BrN5OS2/c1-3-23-8-12(18)14(22-23)15(24)20-17(25)21-16-11(7-19)10-5-4-9(2)6-13(10)26-16/h8-9H,3-6H2,1-2H3,(H2,20,21,24,25). The number of hydrogen-bond acceptors (Lipinski definition) is 5. The third-order valence-corrected chi connectivity index (χ3v) is 6.29. The van der Waals surface area contributed by atoms with Gasteiger partial charge in [-0.3, -0.25) is 14.8 Å². The maximum absolute atomic E-state index is 12.4. The van der Waals surface area contributed by atoms with Crippen molar-refractivity contribution in [3.05, 3.63) is 32.4 Å². The Kier molecular flexibility index (Phi) is 5.75. The van der Waals surface area contributed by atoms with Crippen LogP contribution in [0, 0.1) is 17.2 Å². The van der Waals surface area contributed by atoms with Gasteiger partial charge >= 0.3 is 0 Å². The van der Waals surface area contributed by atoms with Crippen LogP contribution in [0.4, 0.5) is 5.00 Å². The number of rotatable bonds is 3. The van der Waals surface area contributed by atoms with Gasteiger partial charge in [-0.1, -0.05) is 6.92 Å². The molecule has 1 amide bonds. The Morgan fingerprint density at radius 3 is 3.04 bits per heavy atom. The van der Waals surface area contributed by atoms with Crippen molar-refractivity contribution in [1.82, 2.24) is 15.1 Å². The molecule has 1 aliphatic carbocycles. The lowest BCUT2D eigenvalue weighted by atomic mass is 9.89. The fourth-order valence-corrected chi connectivity index (χ4v) is 5.09. The number of fused-ring (bicyclic) bond motifs is 1. The predicted octanol–water partition coefficient (Wildman–Crippen LogP) is 3.85. The first-order valence-corrected chi connectivity index (χ1v) is 10.3. The molecule has 0 radical (unpaired) electrons.